The molecule has 0 saturated carbocycles. The zero-order valence-corrected chi connectivity index (χ0v) is 16.7. The van der Waals surface area contributed by atoms with E-state index in [0.29, 0.717) is 25.3 Å². The number of anilines is 1. The van der Waals surface area contributed by atoms with Gasteiger partial charge < -0.3 is 19.9 Å². The molecule has 166 valence electrons. The standard InChI is InChI=1S/C20H23N3O8/c24-15-6-5-14(18(27)22-15)23-19(28)12-3-1-4-13(17(12)20(23)29)21-7-2-8-30-9-10-31-11-16(25)26/h1,3-4,14,21H,2,5-11H2,(H,25,26)(H,22,24,27). The number of rotatable bonds is 11. The molecule has 0 spiro atoms. The normalized spacial score (nSPS) is 18.2. The van der Waals surface area contributed by atoms with E-state index in [4.69, 9.17) is 14.6 Å². The van der Waals surface area contributed by atoms with E-state index in [0.717, 1.165) is 4.90 Å². The van der Waals surface area contributed by atoms with Crippen LogP contribution in [0.4, 0.5) is 5.69 Å². The van der Waals surface area contributed by atoms with Crippen molar-refractivity contribution >= 4 is 35.3 Å². The third-order valence-corrected chi connectivity index (χ3v) is 4.85. The highest BCUT2D eigenvalue weighted by molar-refractivity contribution is 6.25. The molecule has 1 aromatic rings. The summed E-state index contributed by atoms with van der Waals surface area (Å²) in [6, 6.07) is 3.86. The number of piperidine rings is 1. The van der Waals surface area contributed by atoms with Crippen LogP contribution in [-0.4, -0.2) is 78.6 Å². The zero-order valence-electron chi connectivity index (χ0n) is 16.7. The molecule has 3 N–H and O–H groups in total. The van der Waals surface area contributed by atoms with Crippen LogP contribution < -0.4 is 10.6 Å². The molecule has 2 heterocycles. The number of ether oxygens (including phenoxy) is 2. The van der Waals surface area contributed by atoms with E-state index in [1.54, 1.807) is 12.1 Å². The van der Waals surface area contributed by atoms with E-state index in [9.17, 15) is 24.0 Å². The molecule has 11 nitrogen and oxygen atoms in total. The molecular weight excluding hydrogens is 410 g/mol. The monoisotopic (exact) mass is 433 g/mol. The average molecular weight is 433 g/mol. The number of benzene rings is 1. The molecule has 0 aliphatic carbocycles. The van der Waals surface area contributed by atoms with Crippen molar-refractivity contribution in [1.29, 1.82) is 0 Å². The van der Waals surface area contributed by atoms with Crippen LogP contribution in [0.3, 0.4) is 0 Å². The minimum Gasteiger partial charge on any atom is -0.480 e. The number of aliphatic carboxylic acids is 1. The summed E-state index contributed by atoms with van der Waals surface area (Å²) < 4.78 is 10.2. The van der Waals surface area contributed by atoms with Crippen molar-refractivity contribution < 1.29 is 38.6 Å². The van der Waals surface area contributed by atoms with Gasteiger partial charge in [0.15, 0.2) is 0 Å². The fourth-order valence-corrected chi connectivity index (χ4v) is 3.44. The number of carboxylic acid groups (broad SMARTS) is 1. The van der Waals surface area contributed by atoms with Gasteiger partial charge in [-0.2, -0.15) is 0 Å². The third-order valence-electron chi connectivity index (χ3n) is 4.85. The third kappa shape index (κ3) is 5.25. The van der Waals surface area contributed by atoms with E-state index in [-0.39, 0.29) is 43.8 Å². The summed E-state index contributed by atoms with van der Waals surface area (Å²) in [6.07, 6.45) is 0.768. The smallest absolute Gasteiger partial charge is 0.329 e. The molecule has 0 radical (unpaired) electrons. The van der Waals surface area contributed by atoms with Crippen molar-refractivity contribution in [3.8, 4) is 0 Å². The summed E-state index contributed by atoms with van der Waals surface area (Å²) in [7, 11) is 0. The lowest BCUT2D eigenvalue weighted by molar-refractivity contribution is -0.142. The summed E-state index contributed by atoms with van der Waals surface area (Å²) in [5.41, 5.74) is 0.905. The van der Waals surface area contributed by atoms with Crippen LogP contribution in [0.1, 0.15) is 40.0 Å². The first-order valence-electron chi connectivity index (χ1n) is 9.86. The first-order valence-corrected chi connectivity index (χ1v) is 9.86. The summed E-state index contributed by atoms with van der Waals surface area (Å²) in [6.45, 7) is 0.938. The second-order valence-corrected chi connectivity index (χ2v) is 7.01. The molecule has 11 heteroatoms. The number of hydrogen-bond donors (Lipinski definition) is 3. The molecule has 2 aliphatic rings. The Bertz CT molecular complexity index is 900. The number of carbonyl (C=O) groups excluding carboxylic acids is 4. The maximum absolute atomic E-state index is 13.0. The largest absolute Gasteiger partial charge is 0.480 e. The molecule has 4 amide bonds. The van der Waals surface area contributed by atoms with Crippen molar-refractivity contribution in [3.05, 3.63) is 29.3 Å². The van der Waals surface area contributed by atoms with Gasteiger partial charge in [-0.15, -0.1) is 0 Å². The molecular formula is C20H23N3O8. The van der Waals surface area contributed by atoms with Gasteiger partial charge in [0.1, 0.15) is 12.6 Å². The van der Waals surface area contributed by atoms with Gasteiger partial charge in [0, 0.05) is 25.3 Å². The van der Waals surface area contributed by atoms with E-state index in [1.807, 2.05) is 0 Å². The molecule has 0 aromatic heterocycles. The number of nitrogens with one attached hydrogen (secondary N) is 2. The minimum absolute atomic E-state index is 0.0657. The Labute approximate surface area is 177 Å². The van der Waals surface area contributed by atoms with Gasteiger partial charge in [0.25, 0.3) is 11.8 Å². The number of amides is 4. The number of fused-ring (bicyclic) bond motifs is 1. The molecule has 0 bridgehead atoms. The topological polar surface area (TPSA) is 151 Å². The SMILES string of the molecule is O=C(O)COCCOCCCNc1cccc2c1C(=O)N(C1CCC(=O)NC1=O)C2=O. The van der Waals surface area contributed by atoms with E-state index >= 15 is 0 Å². The molecule has 1 saturated heterocycles. The van der Waals surface area contributed by atoms with E-state index < -0.39 is 35.6 Å². The highest BCUT2D eigenvalue weighted by atomic mass is 16.5. The molecule has 2 aliphatic heterocycles. The van der Waals surface area contributed by atoms with Crippen molar-refractivity contribution in [2.24, 2.45) is 0 Å². The highest BCUT2D eigenvalue weighted by Crippen LogP contribution is 2.32. The van der Waals surface area contributed by atoms with Gasteiger partial charge in [-0.3, -0.25) is 29.4 Å². The molecule has 1 unspecified atom stereocenters. The lowest BCUT2D eigenvalue weighted by Crippen LogP contribution is -2.54. The van der Waals surface area contributed by atoms with Gasteiger partial charge in [-0.05, 0) is 25.0 Å². The quantitative estimate of drug-likeness (QED) is 0.324. The van der Waals surface area contributed by atoms with Crippen LogP contribution >= 0.6 is 0 Å². The minimum atomic E-state index is -1.04. The summed E-state index contributed by atoms with van der Waals surface area (Å²) in [5.74, 6) is -3.23. The molecule has 1 aromatic carbocycles. The Morgan fingerprint density at radius 2 is 1.90 bits per heavy atom. The Balaban J connectivity index is 1.53. The fourth-order valence-electron chi connectivity index (χ4n) is 3.44. The predicted octanol–water partition coefficient (Wildman–Crippen LogP) is 0.00760. The van der Waals surface area contributed by atoms with Crippen molar-refractivity contribution in [3.63, 3.8) is 0 Å². The Kier molecular flexibility index (Phi) is 7.32. The lowest BCUT2D eigenvalue weighted by atomic mass is 10.0. The van der Waals surface area contributed by atoms with Gasteiger partial charge >= 0.3 is 5.97 Å². The first kappa shape index (κ1) is 22.4. The summed E-state index contributed by atoms with van der Waals surface area (Å²) in [4.78, 5) is 60.5. The van der Waals surface area contributed by atoms with Crippen molar-refractivity contribution in [2.45, 2.75) is 25.3 Å². The van der Waals surface area contributed by atoms with Crippen LogP contribution in [0, 0.1) is 0 Å². The van der Waals surface area contributed by atoms with Crippen LogP contribution in [-0.2, 0) is 23.9 Å². The Morgan fingerprint density at radius 3 is 2.65 bits per heavy atom. The Morgan fingerprint density at radius 1 is 1.13 bits per heavy atom. The fraction of sp³-hybridized carbons (Fsp3) is 0.450. The first-order chi connectivity index (χ1) is 14.9. The summed E-state index contributed by atoms with van der Waals surface area (Å²) >= 11 is 0. The highest BCUT2D eigenvalue weighted by Gasteiger charge is 2.45. The number of imide groups is 2. The number of carboxylic acids is 1. The maximum Gasteiger partial charge on any atom is 0.329 e. The van der Waals surface area contributed by atoms with Crippen molar-refractivity contribution in [1.82, 2.24) is 10.2 Å². The molecule has 1 fully saturated rings. The molecule has 1 atom stereocenters. The van der Waals surface area contributed by atoms with Gasteiger partial charge in [0.2, 0.25) is 11.8 Å². The van der Waals surface area contributed by atoms with Crippen LogP contribution in [0.15, 0.2) is 18.2 Å². The lowest BCUT2D eigenvalue weighted by Gasteiger charge is -2.27. The van der Waals surface area contributed by atoms with Crippen LogP contribution in [0.5, 0.6) is 0 Å². The predicted molar refractivity (Wildman–Crippen MR) is 105 cm³/mol. The summed E-state index contributed by atoms with van der Waals surface area (Å²) in [5, 5.41) is 13.7. The van der Waals surface area contributed by atoms with E-state index in [1.165, 1.54) is 6.07 Å². The van der Waals surface area contributed by atoms with Crippen molar-refractivity contribution in [2.75, 3.05) is 38.3 Å². The second-order valence-electron chi connectivity index (χ2n) is 7.01. The molecule has 31 heavy (non-hydrogen) atoms. The van der Waals surface area contributed by atoms with Crippen LogP contribution in [0.2, 0.25) is 0 Å². The number of carbonyl (C=O) groups is 5. The van der Waals surface area contributed by atoms with Crippen LogP contribution in [0.25, 0.3) is 0 Å². The van der Waals surface area contributed by atoms with Gasteiger partial charge in [-0.1, -0.05) is 6.07 Å². The van der Waals surface area contributed by atoms with E-state index in [2.05, 4.69) is 10.6 Å². The second kappa shape index (κ2) is 10.1. The van der Waals surface area contributed by atoms with Gasteiger partial charge in [-0.25, -0.2) is 4.79 Å². The Hall–Kier alpha value is -3.31. The van der Waals surface area contributed by atoms with Gasteiger partial charge in [0.05, 0.1) is 24.3 Å². The maximum atomic E-state index is 13.0. The average Bonchev–Trinajstić information content (AvgIpc) is 2.98. The number of hydrogen-bond acceptors (Lipinski definition) is 8. The molecule has 3 rings (SSSR count). The zero-order chi connectivity index (χ0) is 22.4. The number of nitrogens with zero attached hydrogens (tertiary/aromatic N) is 1.